The van der Waals surface area contributed by atoms with E-state index in [1.165, 1.54) is 12.8 Å². The van der Waals surface area contributed by atoms with E-state index in [1.807, 2.05) is 39.0 Å². The molecule has 0 bridgehead atoms. The smallest absolute Gasteiger partial charge is 0.412 e. The Balaban J connectivity index is 2.04. The Morgan fingerprint density at radius 3 is 2.50 bits per heavy atom. The van der Waals surface area contributed by atoms with Crippen molar-refractivity contribution < 1.29 is 9.53 Å². The van der Waals surface area contributed by atoms with Gasteiger partial charge in [-0.2, -0.15) is 0 Å². The molecule has 20 heavy (non-hydrogen) atoms. The molecule has 1 amide bonds. The Morgan fingerprint density at radius 2 is 1.95 bits per heavy atom. The Morgan fingerprint density at radius 1 is 1.30 bits per heavy atom. The van der Waals surface area contributed by atoms with E-state index >= 15 is 0 Å². The summed E-state index contributed by atoms with van der Waals surface area (Å²) in [7, 11) is 0. The van der Waals surface area contributed by atoms with Crippen LogP contribution in [0.25, 0.3) is 0 Å². The first-order valence-corrected chi connectivity index (χ1v) is 7.00. The Kier molecular flexibility index (Phi) is 4.06. The van der Waals surface area contributed by atoms with Gasteiger partial charge >= 0.3 is 6.09 Å². The van der Waals surface area contributed by atoms with Gasteiger partial charge in [0.25, 0.3) is 0 Å². The molecule has 110 valence electrons. The molecule has 0 spiro atoms. The molecule has 1 aliphatic heterocycles. The van der Waals surface area contributed by atoms with Crippen LogP contribution in [0, 0.1) is 0 Å². The number of rotatable bonds is 2. The number of anilines is 3. The molecular formula is C15H23N3O2. The van der Waals surface area contributed by atoms with Gasteiger partial charge in [-0.05, 0) is 51.8 Å². The molecule has 1 saturated heterocycles. The monoisotopic (exact) mass is 277 g/mol. The summed E-state index contributed by atoms with van der Waals surface area (Å²) in [5, 5.41) is 2.68. The van der Waals surface area contributed by atoms with Crippen molar-refractivity contribution in [3.05, 3.63) is 18.2 Å². The molecule has 1 fully saturated rings. The fourth-order valence-electron chi connectivity index (χ4n) is 2.25. The van der Waals surface area contributed by atoms with Gasteiger partial charge in [0.05, 0.1) is 11.4 Å². The van der Waals surface area contributed by atoms with Crippen LogP contribution in [0.15, 0.2) is 18.2 Å². The topological polar surface area (TPSA) is 67.6 Å². The number of amides is 1. The van der Waals surface area contributed by atoms with Crippen molar-refractivity contribution in [2.75, 3.05) is 29.0 Å². The lowest BCUT2D eigenvalue weighted by molar-refractivity contribution is 0.0636. The number of nitrogen functional groups attached to an aromatic ring is 1. The number of nitrogens with one attached hydrogen (secondary N) is 1. The minimum Gasteiger partial charge on any atom is -0.444 e. The van der Waals surface area contributed by atoms with E-state index in [9.17, 15) is 4.79 Å². The van der Waals surface area contributed by atoms with Gasteiger partial charge < -0.3 is 15.4 Å². The molecule has 0 aromatic heterocycles. The van der Waals surface area contributed by atoms with Gasteiger partial charge in [-0.1, -0.05) is 0 Å². The first-order valence-electron chi connectivity index (χ1n) is 7.00. The van der Waals surface area contributed by atoms with E-state index in [-0.39, 0.29) is 0 Å². The molecule has 3 N–H and O–H groups in total. The molecule has 5 heteroatoms. The van der Waals surface area contributed by atoms with Crippen molar-refractivity contribution in [1.82, 2.24) is 0 Å². The zero-order valence-corrected chi connectivity index (χ0v) is 12.4. The maximum absolute atomic E-state index is 11.7. The molecular weight excluding hydrogens is 254 g/mol. The van der Waals surface area contributed by atoms with E-state index < -0.39 is 11.7 Å². The first kappa shape index (κ1) is 14.5. The molecule has 0 atom stereocenters. The third-order valence-electron chi connectivity index (χ3n) is 3.14. The molecule has 0 aliphatic carbocycles. The van der Waals surface area contributed by atoms with Crippen molar-refractivity contribution >= 4 is 23.2 Å². The van der Waals surface area contributed by atoms with Crippen molar-refractivity contribution in [3.63, 3.8) is 0 Å². The predicted octanol–water partition coefficient (Wildman–Crippen LogP) is 3.22. The lowest BCUT2D eigenvalue weighted by Crippen LogP contribution is -2.27. The van der Waals surface area contributed by atoms with Crippen LogP contribution in [0.2, 0.25) is 0 Å². The summed E-state index contributed by atoms with van der Waals surface area (Å²) in [5.41, 5.74) is 7.73. The number of nitrogens with two attached hydrogens (primary N) is 1. The van der Waals surface area contributed by atoms with Crippen LogP contribution in [0.4, 0.5) is 21.9 Å². The Bertz CT molecular complexity index is 488. The summed E-state index contributed by atoms with van der Waals surface area (Å²) in [6.45, 7) is 7.61. The maximum atomic E-state index is 11.7. The number of carbonyl (C=O) groups is 1. The Labute approximate surface area is 120 Å². The first-order chi connectivity index (χ1) is 9.35. The van der Waals surface area contributed by atoms with Gasteiger partial charge in [0.1, 0.15) is 5.60 Å². The van der Waals surface area contributed by atoms with Crippen LogP contribution in [-0.2, 0) is 4.74 Å². The fraction of sp³-hybridized carbons (Fsp3) is 0.533. The van der Waals surface area contributed by atoms with Gasteiger partial charge in [0, 0.05) is 18.8 Å². The van der Waals surface area contributed by atoms with Crippen LogP contribution < -0.4 is 16.0 Å². The number of hydrogen-bond acceptors (Lipinski definition) is 4. The highest BCUT2D eigenvalue weighted by atomic mass is 16.6. The van der Waals surface area contributed by atoms with Crippen molar-refractivity contribution in [3.8, 4) is 0 Å². The van der Waals surface area contributed by atoms with E-state index in [4.69, 9.17) is 10.5 Å². The minimum atomic E-state index is -0.520. The summed E-state index contributed by atoms with van der Waals surface area (Å²) >= 11 is 0. The lowest BCUT2D eigenvalue weighted by Gasteiger charge is -2.21. The molecule has 2 rings (SSSR count). The summed E-state index contributed by atoms with van der Waals surface area (Å²) in [4.78, 5) is 14.0. The number of benzene rings is 1. The summed E-state index contributed by atoms with van der Waals surface area (Å²) in [6.07, 6.45) is 1.95. The largest absolute Gasteiger partial charge is 0.444 e. The average Bonchev–Trinajstić information content (AvgIpc) is 2.82. The second kappa shape index (κ2) is 5.61. The summed E-state index contributed by atoms with van der Waals surface area (Å²) in [6, 6.07) is 5.71. The van der Waals surface area contributed by atoms with E-state index in [0.29, 0.717) is 11.4 Å². The van der Waals surface area contributed by atoms with Crippen LogP contribution in [0.1, 0.15) is 33.6 Å². The van der Waals surface area contributed by atoms with E-state index in [0.717, 1.165) is 18.8 Å². The molecule has 1 aromatic carbocycles. The normalized spacial score (nSPS) is 15.2. The average molecular weight is 277 g/mol. The van der Waals surface area contributed by atoms with Gasteiger partial charge in [0.2, 0.25) is 0 Å². The zero-order valence-electron chi connectivity index (χ0n) is 12.4. The highest BCUT2D eigenvalue weighted by molar-refractivity contribution is 5.90. The zero-order chi connectivity index (χ0) is 14.8. The molecule has 1 heterocycles. The van der Waals surface area contributed by atoms with Gasteiger partial charge in [-0.15, -0.1) is 0 Å². The highest BCUT2D eigenvalue weighted by Crippen LogP contribution is 2.27. The second-order valence-electron chi connectivity index (χ2n) is 6.09. The molecule has 1 aliphatic rings. The second-order valence-corrected chi connectivity index (χ2v) is 6.09. The van der Waals surface area contributed by atoms with Crippen molar-refractivity contribution in [1.29, 1.82) is 0 Å². The maximum Gasteiger partial charge on any atom is 0.412 e. The minimum absolute atomic E-state index is 0.488. The van der Waals surface area contributed by atoms with E-state index in [2.05, 4.69) is 10.2 Å². The highest BCUT2D eigenvalue weighted by Gasteiger charge is 2.18. The third-order valence-corrected chi connectivity index (χ3v) is 3.14. The van der Waals surface area contributed by atoms with Gasteiger partial charge in [-0.3, -0.25) is 5.32 Å². The van der Waals surface area contributed by atoms with Crippen LogP contribution >= 0.6 is 0 Å². The standard InChI is InChI=1S/C15H23N3O2/c1-15(2,3)20-14(19)17-13-7-6-11(10-12(13)16)18-8-4-5-9-18/h6-7,10H,4-5,8-9,16H2,1-3H3,(H,17,19). The van der Waals surface area contributed by atoms with Gasteiger partial charge in [-0.25, -0.2) is 4.79 Å². The molecule has 5 nitrogen and oxygen atoms in total. The quantitative estimate of drug-likeness (QED) is 0.814. The van der Waals surface area contributed by atoms with Crippen LogP contribution in [-0.4, -0.2) is 24.8 Å². The fourth-order valence-corrected chi connectivity index (χ4v) is 2.25. The molecule has 0 unspecified atom stereocenters. The molecule has 0 saturated carbocycles. The predicted molar refractivity (Wildman–Crippen MR) is 82.2 cm³/mol. The Hall–Kier alpha value is -1.91. The number of hydrogen-bond donors (Lipinski definition) is 2. The number of nitrogens with zero attached hydrogens (tertiary/aromatic N) is 1. The third kappa shape index (κ3) is 3.79. The molecule has 1 aromatic rings. The molecule has 0 radical (unpaired) electrons. The summed E-state index contributed by atoms with van der Waals surface area (Å²) < 4.78 is 5.21. The number of ether oxygens (including phenoxy) is 1. The van der Waals surface area contributed by atoms with E-state index in [1.54, 1.807) is 0 Å². The van der Waals surface area contributed by atoms with Crippen molar-refractivity contribution in [2.24, 2.45) is 0 Å². The summed E-state index contributed by atoms with van der Waals surface area (Å²) in [5.74, 6) is 0. The van der Waals surface area contributed by atoms with Crippen LogP contribution in [0.3, 0.4) is 0 Å². The van der Waals surface area contributed by atoms with Crippen LogP contribution in [0.5, 0.6) is 0 Å². The van der Waals surface area contributed by atoms with Crippen molar-refractivity contribution in [2.45, 2.75) is 39.2 Å². The van der Waals surface area contributed by atoms with Gasteiger partial charge in [0.15, 0.2) is 0 Å². The number of carbonyl (C=O) groups excluding carboxylic acids is 1. The SMILES string of the molecule is CC(C)(C)OC(=O)Nc1ccc(N2CCCC2)cc1N. The lowest BCUT2D eigenvalue weighted by atomic mass is 10.2.